The second-order valence-electron chi connectivity index (χ2n) is 5.67. The third-order valence-electron chi connectivity index (χ3n) is 4.01. The van der Waals surface area contributed by atoms with Crippen molar-refractivity contribution in [3.05, 3.63) is 77.0 Å². The van der Waals surface area contributed by atoms with E-state index in [1.54, 1.807) is 6.07 Å². The van der Waals surface area contributed by atoms with Crippen molar-refractivity contribution in [1.29, 1.82) is 0 Å². The molecule has 0 atom stereocenters. The molecule has 0 unspecified atom stereocenters. The maximum absolute atomic E-state index is 13.1. The monoisotopic (exact) mass is 533 g/mol. The molecule has 1 nitrogen and oxygen atoms in total. The highest BCUT2D eigenvalue weighted by Gasteiger charge is 2.31. The van der Waals surface area contributed by atoms with E-state index in [-0.39, 0.29) is 24.0 Å². The predicted molar refractivity (Wildman–Crippen MR) is 95.9 cm³/mol. The maximum Gasteiger partial charge on any atom is 0.416 e. The van der Waals surface area contributed by atoms with Crippen LogP contribution < -0.4 is 28.5 Å². The molecular weight excluding hydrogens is 518 g/mol. The first-order valence-corrected chi connectivity index (χ1v) is 8.65. The van der Waals surface area contributed by atoms with Crippen LogP contribution in [0.3, 0.4) is 0 Å². The van der Waals surface area contributed by atoms with Crippen molar-refractivity contribution >= 4 is 15.9 Å². The second kappa shape index (κ2) is 8.52. The number of nitrogens with zero attached hydrogens (tertiary/aromatic N) is 1. The number of aromatic nitrogens is 1. The van der Waals surface area contributed by atoms with Gasteiger partial charge in [-0.2, -0.15) is 13.2 Å². The highest BCUT2D eigenvalue weighted by atomic mass is 127. The quantitative estimate of drug-likeness (QED) is 0.360. The van der Waals surface area contributed by atoms with Crippen LogP contribution in [0.4, 0.5) is 13.2 Å². The minimum Gasteiger partial charge on any atom is -1.00 e. The molecule has 0 saturated heterocycles. The minimum absolute atomic E-state index is 0. The Bertz CT molecular complexity index is 895. The lowest BCUT2D eigenvalue weighted by atomic mass is 10.00. The molecule has 1 aromatic heterocycles. The van der Waals surface area contributed by atoms with Crippen LogP contribution in [-0.4, -0.2) is 0 Å². The molecule has 0 aliphatic carbocycles. The molecule has 3 rings (SSSR count). The summed E-state index contributed by atoms with van der Waals surface area (Å²) in [6, 6.07) is 15.2. The standard InChI is InChI=1S/C20H16BrF3N.HI/c1-2-25-12-17(14-7-4-3-5-8-14)19(21)18(13-25)15-9-6-10-16(11-15)20(22,23)24;/h3-13H,2H2,1H3;1H/q+1;/p-1. The Balaban J connectivity index is 0.00000243. The number of hydrogen-bond acceptors (Lipinski definition) is 0. The molecule has 0 radical (unpaired) electrons. The van der Waals surface area contributed by atoms with Crippen molar-refractivity contribution in [2.45, 2.75) is 19.6 Å². The zero-order valence-corrected chi connectivity index (χ0v) is 17.6. The molecule has 0 N–H and O–H groups in total. The molecule has 6 heteroatoms. The van der Waals surface area contributed by atoms with E-state index in [4.69, 9.17) is 0 Å². The molecule has 0 amide bonds. The van der Waals surface area contributed by atoms with Gasteiger partial charge in [0.25, 0.3) is 0 Å². The van der Waals surface area contributed by atoms with E-state index in [0.717, 1.165) is 33.8 Å². The predicted octanol–water partition coefficient (Wildman–Crippen LogP) is 3.11. The van der Waals surface area contributed by atoms with Gasteiger partial charge in [-0.1, -0.05) is 42.5 Å². The molecular formula is C20H16BrF3IN. The first kappa shape index (κ1) is 20.9. The summed E-state index contributed by atoms with van der Waals surface area (Å²) in [7, 11) is 0. The fourth-order valence-electron chi connectivity index (χ4n) is 2.69. The molecule has 136 valence electrons. The fourth-order valence-corrected chi connectivity index (χ4v) is 3.36. The normalized spacial score (nSPS) is 11.1. The van der Waals surface area contributed by atoms with Gasteiger partial charge in [-0.25, -0.2) is 4.57 Å². The first-order chi connectivity index (χ1) is 11.9. The van der Waals surface area contributed by atoms with Crippen LogP contribution in [0.25, 0.3) is 22.3 Å². The van der Waals surface area contributed by atoms with Gasteiger partial charge in [-0.15, -0.1) is 0 Å². The molecule has 3 aromatic rings. The largest absolute Gasteiger partial charge is 1.00 e. The molecule has 0 bridgehead atoms. The minimum atomic E-state index is -4.36. The van der Waals surface area contributed by atoms with E-state index >= 15 is 0 Å². The van der Waals surface area contributed by atoms with E-state index < -0.39 is 11.7 Å². The number of pyridine rings is 1. The molecule has 0 spiro atoms. The third-order valence-corrected chi connectivity index (χ3v) is 4.87. The van der Waals surface area contributed by atoms with Crippen LogP contribution in [0.15, 0.2) is 71.5 Å². The number of hydrogen-bond donors (Lipinski definition) is 0. The van der Waals surface area contributed by atoms with Crippen molar-refractivity contribution in [2.75, 3.05) is 0 Å². The van der Waals surface area contributed by atoms with E-state index in [0.29, 0.717) is 5.56 Å². The summed E-state index contributed by atoms with van der Waals surface area (Å²) in [5.41, 5.74) is 2.56. The summed E-state index contributed by atoms with van der Waals surface area (Å²) in [4.78, 5) is 0. The maximum atomic E-state index is 13.1. The average Bonchev–Trinajstić information content (AvgIpc) is 2.62. The molecule has 0 aliphatic rings. The van der Waals surface area contributed by atoms with Crippen molar-refractivity contribution in [2.24, 2.45) is 0 Å². The number of alkyl halides is 3. The van der Waals surface area contributed by atoms with Crippen LogP contribution >= 0.6 is 15.9 Å². The van der Waals surface area contributed by atoms with Gasteiger partial charge in [0.15, 0.2) is 12.4 Å². The van der Waals surface area contributed by atoms with Crippen molar-refractivity contribution < 1.29 is 41.7 Å². The van der Waals surface area contributed by atoms with Crippen molar-refractivity contribution in [1.82, 2.24) is 0 Å². The van der Waals surface area contributed by atoms with Crippen LogP contribution in [-0.2, 0) is 12.7 Å². The molecule has 0 fully saturated rings. The Hall–Kier alpha value is -1.41. The van der Waals surface area contributed by atoms with Gasteiger partial charge in [-0.05, 0) is 46.1 Å². The Morgan fingerprint density at radius 3 is 2.04 bits per heavy atom. The summed E-state index contributed by atoms with van der Waals surface area (Å²) < 4.78 is 41.9. The number of rotatable bonds is 3. The van der Waals surface area contributed by atoms with E-state index in [1.165, 1.54) is 12.1 Å². The Morgan fingerprint density at radius 2 is 1.46 bits per heavy atom. The van der Waals surface area contributed by atoms with Gasteiger partial charge in [0.1, 0.15) is 6.54 Å². The zero-order valence-electron chi connectivity index (χ0n) is 13.9. The lowest BCUT2D eigenvalue weighted by molar-refractivity contribution is -0.692. The summed E-state index contributed by atoms with van der Waals surface area (Å²) in [6.45, 7) is 2.72. The lowest BCUT2D eigenvalue weighted by Gasteiger charge is -2.12. The summed E-state index contributed by atoms with van der Waals surface area (Å²) in [5, 5.41) is 0. The van der Waals surface area contributed by atoms with Gasteiger partial charge >= 0.3 is 6.18 Å². The van der Waals surface area contributed by atoms with Gasteiger partial charge in [0.05, 0.1) is 16.7 Å². The molecule has 1 heterocycles. The highest BCUT2D eigenvalue weighted by molar-refractivity contribution is 9.10. The van der Waals surface area contributed by atoms with Crippen LogP contribution in [0.1, 0.15) is 12.5 Å². The summed E-state index contributed by atoms with van der Waals surface area (Å²) in [5.74, 6) is 0. The topological polar surface area (TPSA) is 3.88 Å². The lowest BCUT2D eigenvalue weighted by Crippen LogP contribution is -3.00. The molecule has 0 aliphatic heterocycles. The van der Waals surface area contributed by atoms with Crippen LogP contribution in [0.5, 0.6) is 0 Å². The van der Waals surface area contributed by atoms with Crippen molar-refractivity contribution in [3.63, 3.8) is 0 Å². The number of halogens is 5. The smallest absolute Gasteiger partial charge is 0.416 e. The Labute approximate surface area is 176 Å². The SMILES string of the molecule is CC[n+]1cc(-c2ccccc2)c(Br)c(-c2cccc(C(F)(F)F)c2)c1.[I-]. The Morgan fingerprint density at radius 1 is 0.885 bits per heavy atom. The van der Waals surface area contributed by atoms with Gasteiger partial charge in [0, 0.05) is 4.47 Å². The van der Waals surface area contributed by atoms with Gasteiger partial charge < -0.3 is 24.0 Å². The zero-order chi connectivity index (χ0) is 18.0. The van der Waals surface area contributed by atoms with E-state index in [2.05, 4.69) is 15.9 Å². The number of aryl methyl sites for hydroxylation is 1. The highest BCUT2D eigenvalue weighted by Crippen LogP contribution is 2.37. The molecule has 2 aromatic carbocycles. The second-order valence-corrected chi connectivity index (χ2v) is 6.47. The summed E-state index contributed by atoms with van der Waals surface area (Å²) >= 11 is 3.60. The van der Waals surface area contributed by atoms with Gasteiger partial charge in [-0.3, -0.25) is 0 Å². The molecule has 26 heavy (non-hydrogen) atoms. The number of benzene rings is 2. The van der Waals surface area contributed by atoms with E-state index in [9.17, 15) is 13.2 Å². The third kappa shape index (κ3) is 4.46. The Kier molecular flexibility index (Phi) is 6.85. The van der Waals surface area contributed by atoms with Crippen molar-refractivity contribution in [3.8, 4) is 22.3 Å². The average molecular weight is 534 g/mol. The van der Waals surface area contributed by atoms with Crippen LogP contribution in [0, 0.1) is 0 Å². The summed E-state index contributed by atoms with van der Waals surface area (Å²) in [6.07, 6.45) is -0.497. The molecule has 0 saturated carbocycles. The van der Waals surface area contributed by atoms with Gasteiger partial charge in [0.2, 0.25) is 0 Å². The van der Waals surface area contributed by atoms with E-state index in [1.807, 2.05) is 54.2 Å². The fraction of sp³-hybridized carbons (Fsp3) is 0.150. The van der Waals surface area contributed by atoms with Crippen LogP contribution in [0.2, 0.25) is 0 Å². The first-order valence-electron chi connectivity index (χ1n) is 7.86.